The lowest BCUT2D eigenvalue weighted by molar-refractivity contribution is 0.860. The number of pyridine rings is 1. The summed E-state index contributed by atoms with van der Waals surface area (Å²) in [5, 5.41) is 0. The number of hydrogen-bond acceptors (Lipinski definition) is 3. The molecule has 1 aromatic heterocycles. The number of anilines is 1. The molecule has 0 aliphatic heterocycles. The van der Waals surface area contributed by atoms with E-state index in [0.717, 1.165) is 24.3 Å². The number of thiocarbonyl (C=S) groups is 1. The Kier molecular flexibility index (Phi) is 4.47. The Bertz CT molecular complexity index is 537. The number of aromatic nitrogens is 1. The molecule has 0 spiro atoms. The van der Waals surface area contributed by atoms with Crippen LogP contribution in [0.4, 0.5) is 5.82 Å². The van der Waals surface area contributed by atoms with Crippen LogP contribution in [0.15, 0.2) is 48.7 Å². The van der Waals surface area contributed by atoms with Crippen LogP contribution < -0.4 is 10.6 Å². The summed E-state index contributed by atoms with van der Waals surface area (Å²) in [4.78, 5) is 6.87. The van der Waals surface area contributed by atoms with Gasteiger partial charge in [-0.25, -0.2) is 4.98 Å². The van der Waals surface area contributed by atoms with Gasteiger partial charge in [-0.2, -0.15) is 0 Å². The highest BCUT2D eigenvalue weighted by molar-refractivity contribution is 7.80. The van der Waals surface area contributed by atoms with Gasteiger partial charge < -0.3 is 10.6 Å². The number of rotatable bonds is 5. The van der Waals surface area contributed by atoms with Crippen LogP contribution in [0.1, 0.15) is 11.1 Å². The van der Waals surface area contributed by atoms with Gasteiger partial charge in [0.1, 0.15) is 10.8 Å². The monoisotopic (exact) mass is 271 g/mol. The third-order valence-electron chi connectivity index (χ3n) is 3.00. The van der Waals surface area contributed by atoms with Crippen LogP contribution in [-0.4, -0.2) is 23.6 Å². The highest BCUT2D eigenvalue weighted by Gasteiger charge is 2.03. The van der Waals surface area contributed by atoms with E-state index in [0.29, 0.717) is 4.99 Å². The van der Waals surface area contributed by atoms with Gasteiger partial charge in [0.15, 0.2) is 0 Å². The van der Waals surface area contributed by atoms with Crippen molar-refractivity contribution >= 4 is 23.0 Å². The Morgan fingerprint density at radius 1 is 1.21 bits per heavy atom. The predicted octanol–water partition coefficient (Wildman–Crippen LogP) is 2.39. The lowest BCUT2D eigenvalue weighted by Crippen LogP contribution is -2.21. The van der Waals surface area contributed by atoms with E-state index in [9.17, 15) is 0 Å². The van der Waals surface area contributed by atoms with Crippen molar-refractivity contribution in [3.05, 3.63) is 59.8 Å². The molecule has 19 heavy (non-hydrogen) atoms. The molecule has 0 aliphatic carbocycles. The molecule has 0 saturated heterocycles. The fraction of sp³-hybridized carbons (Fsp3) is 0.200. The lowest BCUT2D eigenvalue weighted by Gasteiger charge is -2.18. The van der Waals surface area contributed by atoms with Crippen LogP contribution in [0.5, 0.6) is 0 Å². The van der Waals surface area contributed by atoms with E-state index in [1.54, 1.807) is 6.20 Å². The second-order valence-corrected chi connectivity index (χ2v) is 4.87. The number of nitrogens with zero attached hydrogens (tertiary/aromatic N) is 2. The average Bonchev–Trinajstić information content (AvgIpc) is 2.46. The molecule has 2 rings (SSSR count). The van der Waals surface area contributed by atoms with Crippen LogP contribution in [0.25, 0.3) is 0 Å². The molecule has 0 saturated carbocycles. The first-order chi connectivity index (χ1) is 9.16. The number of likely N-dealkylation sites (N-methyl/N-ethyl adjacent to an activating group) is 1. The van der Waals surface area contributed by atoms with Gasteiger partial charge in [-0.05, 0) is 24.1 Å². The zero-order valence-electron chi connectivity index (χ0n) is 10.9. The summed E-state index contributed by atoms with van der Waals surface area (Å²) in [6.45, 7) is 0.920. The van der Waals surface area contributed by atoms with Gasteiger partial charge in [0.25, 0.3) is 0 Å². The quantitative estimate of drug-likeness (QED) is 0.848. The zero-order valence-corrected chi connectivity index (χ0v) is 11.7. The van der Waals surface area contributed by atoms with Gasteiger partial charge in [-0.15, -0.1) is 0 Å². The van der Waals surface area contributed by atoms with Crippen LogP contribution in [0.2, 0.25) is 0 Å². The summed E-state index contributed by atoms with van der Waals surface area (Å²) in [5.74, 6) is 0.927. The van der Waals surface area contributed by atoms with Crippen LogP contribution >= 0.6 is 12.2 Å². The minimum Gasteiger partial charge on any atom is -0.389 e. The summed E-state index contributed by atoms with van der Waals surface area (Å²) >= 11 is 4.91. The topological polar surface area (TPSA) is 42.1 Å². The van der Waals surface area contributed by atoms with Crippen molar-refractivity contribution in [2.75, 3.05) is 18.5 Å². The molecular weight excluding hydrogens is 254 g/mol. The Hall–Kier alpha value is -1.94. The van der Waals surface area contributed by atoms with Crippen molar-refractivity contribution in [2.45, 2.75) is 6.42 Å². The van der Waals surface area contributed by atoms with E-state index >= 15 is 0 Å². The molecule has 2 aromatic rings. The minimum absolute atomic E-state index is 0.381. The summed E-state index contributed by atoms with van der Waals surface area (Å²) in [7, 11) is 2.03. The van der Waals surface area contributed by atoms with Gasteiger partial charge in [0.2, 0.25) is 0 Å². The van der Waals surface area contributed by atoms with Gasteiger partial charge in [-0.1, -0.05) is 42.5 Å². The second kappa shape index (κ2) is 6.29. The third-order valence-corrected chi connectivity index (χ3v) is 3.24. The first-order valence-electron chi connectivity index (χ1n) is 6.18. The van der Waals surface area contributed by atoms with Gasteiger partial charge in [-0.3, -0.25) is 0 Å². The van der Waals surface area contributed by atoms with Crippen molar-refractivity contribution in [3.8, 4) is 0 Å². The lowest BCUT2D eigenvalue weighted by atomic mass is 10.1. The Morgan fingerprint density at radius 2 is 1.95 bits per heavy atom. The Balaban J connectivity index is 1.96. The third kappa shape index (κ3) is 3.76. The first-order valence-corrected chi connectivity index (χ1v) is 6.58. The van der Waals surface area contributed by atoms with E-state index < -0.39 is 0 Å². The molecule has 1 aromatic carbocycles. The van der Waals surface area contributed by atoms with Crippen molar-refractivity contribution in [1.82, 2.24) is 4.98 Å². The molecule has 0 fully saturated rings. The normalized spacial score (nSPS) is 10.2. The largest absolute Gasteiger partial charge is 0.389 e. The van der Waals surface area contributed by atoms with Crippen molar-refractivity contribution < 1.29 is 0 Å². The van der Waals surface area contributed by atoms with E-state index in [4.69, 9.17) is 18.0 Å². The van der Waals surface area contributed by atoms with Crippen LogP contribution in [0, 0.1) is 0 Å². The molecule has 0 amide bonds. The first kappa shape index (κ1) is 13.5. The molecule has 0 bridgehead atoms. The van der Waals surface area contributed by atoms with Gasteiger partial charge in [0, 0.05) is 25.4 Å². The number of benzene rings is 1. The van der Waals surface area contributed by atoms with E-state index in [1.807, 2.05) is 25.2 Å². The maximum atomic E-state index is 5.55. The SMILES string of the molecule is CN(CCc1ccccc1)c1ccc(C(N)=S)cn1. The number of nitrogens with two attached hydrogens (primary N) is 1. The van der Waals surface area contributed by atoms with Crippen LogP contribution in [-0.2, 0) is 6.42 Å². The molecule has 0 unspecified atom stereocenters. The molecule has 1 heterocycles. The standard InChI is InChI=1S/C15H17N3S/c1-18(10-9-12-5-3-2-4-6-12)14-8-7-13(11-17-14)15(16)19/h2-8,11H,9-10H2,1H3,(H2,16,19). The summed E-state index contributed by atoms with van der Waals surface area (Å²) in [5.41, 5.74) is 7.68. The number of hydrogen-bond donors (Lipinski definition) is 1. The van der Waals surface area contributed by atoms with Crippen LogP contribution in [0.3, 0.4) is 0 Å². The molecule has 0 radical (unpaired) electrons. The molecule has 0 aliphatic rings. The van der Waals surface area contributed by atoms with E-state index in [2.05, 4.69) is 34.1 Å². The summed E-state index contributed by atoms with van der Waals surface area (Å²) < 4.78 is 0. The fourth-order valence-electron chi connectivity index (χ4n) is 1.81. The highest BCUT2D eigenvalue weighted by atomic mass is 32.1. The molecule has 2 N–H and O–H groups in total. The zero-order chi connectivity index (χ0) is 13.7. The predicted molar refractivity (Wildman–Crippen MR) is 83.5 cm³/mol. The molecule has 3 nitrogen and oxygen atoms in total. The maximum Gasteiger partial charge on any atom is 0.128 e. The molecule has 0 atom stereocenters. The summed E-state index contributed by atoms with van der Waals surface area (Å²) in [6, 6.07) is 14.3. The Labute approximate surface area is 119 Å². The summed E-state index contributed by atoms with van der Waals surface area (Å²) in [6.07, 6.45) is 2.72. The molecule has 4 heteroatoms. The molecular formula is C15H17N3S. The molecule has 98 valence electrons. The second-order valence-electron chi connectivity index (χ2n) is 4.43. The van der Waals surface area contributed by atoms with E-state index in [-0.39, 0.29) is 0 Å². The van der Waals surface area contributed by atoms with Crippen molar-refractivity contribution in [3.63, 3.8) is 0 Å². The van der Waals surface area contributed by atoms with Gasteiger partial charge in [0.05, 0.1) is 0 Å². The minimum atomic E-state index is 0.381. The average molecular weight is 271 g/mol. The maximum absolute atomic E-state index is 5.55. The fourth-order valence-corrected chi connectivity index (χ4v) is 1.93. The van der Waals surface area contributed by atoms with Crippen molar-refractivity contribution in [2.24, 2.45) is 5.73 Å². The van der Waals surface area contributed by atoms with E-state index in [1.165, 1.54) is 5.56 Å². The van der Waals surface area contributed by atoms with Crippen molar-refractivity contribution in [1.29, 1.82) is 0 Å². The highest BCUT2D eigenvalue weighted by Crippen LogP contribution is 2.10. The van der Waals surface area contributed by atoms with Gasteiger partial charge >= 0.3 is 0 Å². The Morgan fingerprint density at radius 3 is 2.53 bits per heavy atom. The smallest absolute Gasteiger partial charge is 0.128 e.